The van der Waals surface area contributed by atoms with Gasteiger partial charge in [0.25, 0.3) is 0 Å². The highest BCUT2D eigenvalue weighted by atomic mass is 16.5. The van der Waals surface area contributed by atoms with Gasteiger partial charge in [0.1, 0.15) is 17.2 Å². The first kappa shape index (κ1) is 11.5. The monoisotopic (exact) mass is 254 g/mol. The minimum atomic E-state index is 0.635. The van der Waals surface area contributed by atoms with Crippen LogP contribution in [0.2, 0.25) is 0 Å². The second kappa shape index (κ2) is 4.28. The van der Waals surface area contributed by atoms with E-state index in [4.69, 9.17) is 10.5 Å². The molecule has 5 heteroatoms. The number of ether oxygens (including phenoxy) is 1. The summed E-state index contributed by atoms with van der Waals surface area (Å²) in [6, 6.07) is 7.74. The fraction of sp³-hybridized carbons (Fsp3) is 0.143. The second-order valence-electron chi connectivity index (χ2n) is 4.29. The van der Waals surface area contributed by atoms with E-state index in [0.717, 1.165) is 28.0 Å². The number of fused-ring (bicyclic) bond motifs is 1. The molecule has 0 unspecified atom stereocenters. The van der Waals surface area contributed by atoms with E-state index in [1.54, 1.807) is 13.3 Å². The molecule has 96 valence electrons. The van der Waals surface area contributed by atoms with Crippen LogP contribution in [0.25, 0.3) is 22.3 Å². The number of hydrogen-bond acceptors (Lipinski definition) is 4. The molecule has 1 aromatic carbocycles. The lowest BCUT2D eigenvalue weighted by Crippen LogP contribution is -1.96. The average Bonchev–Trinajstić information content (AvgIpc) is 2.79. The molecule has 2 heterocycles. The molecule has 0 radical (unpaired) electrons. The summed E-state index contributed by atoms with van der Waals surface area (Å²) in [4.78, 5) is 11.9. The highest BCUT2D eigenvalue weighted by molar-refractivity contribution is 6.00. The Morgan fingerprint density at radius 2 is 2.00 bits per heavy atom. The van der Waals surface area contributed by atoms with E-state index in [1.807, 2.05) is 31.2 Å². The molecule has 0 saturated carbocycles. The summed E-state index contributed by atoms with van der Waals surface area (Å²) in [6.45, 7) is 1.86. The molecule has 0 aliphatic carbocycles. The van der Waals surface area contributed by atoms with E-state index in [9.17, 15) is 0 Å². The number of nitrogen functional groups attached to an aromatic ring is 1. The number of H-pyrrole nitrogens is 1. The smallest absolute Gasteiger partial charge is 0.143 e. The van der Waals surface area contributed by atoms with Crippen molar-refractivity contribution >= 4 is 16.7 Å². The van der Waals surface area contributed by atoms with Crippen LogP contribution in [-0.2, 0) is 0 Å². The lowest BCUT2D eigenvalue weighted by molar-refractivity contribution is 0.416. The number of rotatable bonds is 2. The molecular weight excluding hydrogens is 240 g/mol. The third kappa shape index (κ3) is 1.79. The van der Waals surface area contributed by atoms with Gasteiger partial charge in [-0.3, -0.25) is 0 Å². The molecule has 0 aliphatic rings. The average molecular weight is 254 g/mol. The Morgan fingerprint density at radius 1 is 1.21 bits per heavy atom. The van der Waals surface area contributed by atoms with Gasteiger partial charge in [0.15, 0.2) is 0 Å². The first-order chi connectivity index (χ1) is 9.20. The second-order valence-corrected chi connectivity index (χ2v) is 4.29. The number of benzene rings is 1. The molecule has 0 spiro atoms. The molecule has 3 N–H and O–H groups in total. The van der Waals surface area contributed by atoms with E-state index in [2.05, 4.69) is 15.0 Å². The van der Waals surface area contributed by atoms with Crippen LogP contribution >= 0.6 is 0 Å². The predicted octanol–water partition coefficient (Wildman–Crippen LogP) is 2.52. The van der Waals surface area contributed by atoms with E-state index in [1.165, 1.54) is 0 Å². The summed E-state index contributed by atoms with van der Waals surface area (Å²) in [6.07, 6.45) is 1.73. The maximum Gasteiger partial charge on any atom is 0.143 e. The van der Waals surface area contributed by atoms with Crippen LogP contribution in [0.5, 0.6) is 5.75 Å². The Kier molecular flexibility index (Phi) is 2.59. The summed E-state index contributed by atoms with van der Waals surface area (Å²) >= 11 is 0. The van der Waals surface area contributed by atoms with Crippen LogP contribution in [0.4, 0.5) is 5.69 Å². The van der Waals surface area contributed by atoms with Crippen molar-refractivity contribution in [2.24, 2.45) is 0 Å². The minimum absolute atomic E-state index is 0.635. The fourth-order valence-electron chi connectivity index (χ4n) is 2.20. The van der Waals surface area contributed by atoms with Crippen molar-refractivity contribution in [3.8, 4) is 17.0 Å². The summed E-state index contributed by atoms with van der Waals surface area (Å²) < 4.78 is 5.39. The summed E-state index contributed by atoms with van der Waals surface area (Å²) in [5, 5.41) is 0.829. The van der Waals surface area contributed by atoms with Crippen molar-refractivity contribution < 1.29 is 4.74 Å². The standard InChI is InChI=1S/C14H14N4O/c1-8-17-13(9-5-3-4-6-11(9)19-2)12-10(15)7-16-14(12)18-8/h3-7H,15H2,1-2H3,(H,16,17,18). The summed E-state index contributed by atoms with van der Waals surface area (Å²) in [5.74, 6) is 1.46. The lowest BCUT2D eigenvalue weighted by atomic mass is 10.1. The maximum atomic E-state index is 6.00. The molecule has 0 amide bonds. The van der Waals surface area contributed by atoms with Crippen LogP contribution < -0.4 is 10.5 Å². The van der Waals surface area contributed by atoms with Gasteiger partial charge in [-0.1, -0.05) is 12.1 Å². The van der Waals surface area contributed by atoms with Gasteiger partial charge in [0.05, 0.1) is 23.9 Å². The normalized spacial score (nSPS) is 10.8. The molecule has 3 rings (SSSR count). The molecule has 0 bridgehead atoms. The van der Waals surface area contributed by atoms with E-state index >= 15 is 0 Å². The highest BCUT2D eigenvalue weighted by Crippen LogP contribution is 2.35. The van der Waals surface area contributed by atoms with Gasteiger partial charge in [-0.15, -0.1) is 0 Å². The van der Waals surface area contributed by atoms with Gasteiger partial charge in [-0.05, 0) is 19.1 Å². The Hall–Kier alpha value is -2.56. The van der Waals surface area contributed by atoms with Crippen molar-refractivity contribution in [1.29, 1.82) is 0 Å². The molecule has 5 nitrogen and oxygen atoms in total. The molecule has 0 atom stereocenters. The van der Waals surface area contributed by atoms with E-state index in [-0.39, 0.29) is 0 Å². The predicted molar refractivity (Wildman–Crippen MR) is 75.0 cm³/mol. The van der Waals surface area contributed by atoms with Crippen LogP contribution in [-0.4, -0.2) is 22.1 Å². The number of nitrogens with two attached hydrogens (primary N) is 1. The van der Waals surface area contributed by atoms with Gasteiger partial charge >= 0.3 is 0 Å². The number of nitrogens with one attached hydrogen (secondary N) is 1. The third-order valence-electron chi connectivity index (χ3n) is 3.04. The van der Waals surface area contributed by atoms with Gasteiger partial charge < -0.3 is 15.5 Å². The number of aryl methyl sites for hydroxylation is 1. The molecule has 0 fully saturated rings. The molecular formula is C14H14N4O. The number of hydrogen-bond donors (Lipinski definition) is 2. The zero-order valence-electron chi connectivity index (χ0n) is 10.8. The Bertz CT molecular complexity index is 748. The Labute approximate surface area is 110 Å². The fourth-order valence-corrected chi connectivity index (χ4v) is 2.20. The first-order valence-electron chi connectivity index (χ1n) is 5.95. The van der Waals surface area contributed by atoms with Gasteiger partial charge in [-0.2, -0.15) is 0 Å². The Balaban J connectivity index is 2.38. The quantitative estimate of drug-likeness (QED) is 0.736. The number of aromatic amines is 1. The highest BCUT2D eigenvalue weighted by Gasteiger charge is 2.15. The first-order valence-corrected chi connectivity index (χ1v) is 5.95. The Morgan fingerprint density at radius 3 is 2.79 bits per heavy atom. The molecule has 19 heavy (non-hydrogen) atoms. The third-order valence-corrected chi connectivity index (χ3v) is 3.04. The molecule has 0 aliphatic heterocycles. The van der Waals surface area contributed by atoms with Crippen molar-refractivity contribution in [3.63, 3.8) is 0 Å². The minimum Gasteiger partial charge on any atom is -0.496 e. The van der Waals surface area contributed by atoms with Gasteiger partial charge in [-0.25, -0.2) is 9.97 Å². The van der Waals surface area contributed by atoms with E-state index < -0.39 is 0 Å². The van der Waals surface area contributed by atoms with Crippen LogP contribution in [0.3, 0.4) is 0 Å². The van der Waals surface area contributed by atoms with Crippen molar-refractivity contribution in [2.75, 3.05) is 12.8 Å². The molecule has 3 aromatic rings. The SMILES string of the molecule is COc1ccccc1-c1nc(C)nc2[nH]cc(N)c12. The van der Waals surface area contributed by atoms with Crippen molar-refractivity contribution in [1.82, 2.24) is 15.0 Å². The zero-order chi connectivity index (χ0) is 13.4. The number of para-hydroxylation sites is 1. The van der Waals surface area contributed by atoms with Crippen LogP contribution in [0.1, 0.15) is 5.82 Å². The number of anilines is 1. The molecule has 0 saturated heterocycles. The van der Waals surface area contributed by atoms with Crippen LogP contribution in [0.15, 0.2) is 30.5 Å². The van der Waals surface area contributed by atoms with Gasteiger partial charge in [0, 0.05) is 11.8 Å². The van der Waals surface area contributed by atoms with Crippen molar-refractivity contribution in [3.05, 3.63) is 36.3 Å². The van der Waals surface area contributed by atoms with E-state index in [0.29, 0.717) is 11.5 Å². The zero-order valence-corrected chi connectivity index (χ0v) is 10.8. The summed E-state index contributed by atoms with van der Waals surface area (Å²) in [5.41, 5.74) is 9.08. The number of methoxy groups -OCH3 is 1. The maximum absolute atomic E-state index is 6.00. The van der Waals surface area contributed by atoms with Gasteiger partial charge in [0.2, 0.25) is 0 Å². The number of nitrogens with zero attached hydrogens (tertiary/aromatic N) is 2. The van der Waals surface area contributed by atoms with Crippen molar-refractivity contribution in [2.45, 2.75) is 6.92 Å². The summed E-state index contributed by atoms with van der Waals surface area (Å²) in [7, 11) is 1.64. The molecule has 2 aromatic heterocycles. The van der Waals surface area contributed by atoms with Crippen LogP contribution in [0, 0.1) is 6.92 Å². The largest absolute Gasteiger partial charge is 0.496 e. The topological polar surface area (TPSA) is 76.8 Å². The lowest BCUT2D eigenvalue weighted by Gasteiger charge is -2.09. The number of aromatic nitrogens is 3.